The van der Waals surface area contributed by atoms with Crippen LogP contribution in [-0.2, 0) is 9.59 Å². The molecule has 3 nitrogen and oxygen atoms in total. The number of fused-ring (bicyclic) bond motifs is 1. The van der Waals surface area contributed by atoms with Gasteiger partial charge < -0.3 is 17.8 Å². The fourth-order valence-electron chi connectivity index (χ4n) is 2.73. The van der Waals surface area contributed by atoms with Crippen LogP contribution >= 0.6 is 0 Å². The maximum atomic E-state index is 12.2. The van der Waals surface area contributed by atoms with E-state index in [4.69, 9.17) is 0 Å². The molecule has 1 aliphatic heterocycles. The van der Waals surface area contributed by atoms with Gasteiger partial charge in [0.2, 0.25) is 11.8 Å². The Morgan fingerprint density at radius 2 is 1.59 bits per heavy atom. The van der Waals surface area contributed by atoms with Gasteiger partial charge in [-0.25, -0.2) is 0 Å². The van der Waals surface area contributed by atoms with Gasteiger partial charge in [0.05, 0.1) is 11.8 Å². The molecule has 1 saturated carbocycles. The maximum absolute atomic E-state index is 12.2. The van der Waals surface area contributed by atoms with Gasteiger partial charge in [-0.3, -0.25) is 9.59 Å². The van der Waals surface area contributed by atoms with E-state index in [1.807, 2.05) is 6.92 Å². The summed E-state index contributed by atoms with van der Waals surface area (Å²) in [6.45, 7) is -3.21. The van der Waals surface area contributed by atoms with E-state index in [-0.39, 0.29) is 57.3 Å². The van der Waals surface area contributed by atoms with Crippen molar-refractivity contribution in [2.75, 3.05) is 6.44 Å². The predicted octanol–water partition coefficient (Wildman–Crippen LogP) is -1.59. The van der Waals surface area contributed by atoms with Crippen LogP contribution in [-0.4, -0.2) is 30.1 Å². The molecule has 2 aliphatic rings. The van der Waals surface area contributed by atoms with Gasteiger partial charge in [0, 0.05) is 0 Å². The Balaban J connectivity index is 0.00000144. The first kappa shape index (κ1) is 15.7. The topological polar surface area (TPSA) is 37.4 Å². The number of hydrogen-bond donors (Lipinski definition) is 0. The van der Waals surface area contributed by atoms with Crippen LogP contribution in [0.1, 0.15) is 19.8 Å². The van der Waals surface area contributed by atoms with Crippen LogP contribution in [0.5, 0.6) is 0 Å². The molecule has 0 aromatic carbocycles. The van der Waals surface area contributed by atoms with Gasteiger partial charge in [-0.2, -0.15) is 0 Å². The van der Waals surface area contributed by atoms with Gasteiger partial charge in [-0.05, 0) is 25.2 Å². The third-order valence-electron chi connectivity index (χ3n) is 3.35. The number of carbonyl (C=O) groups is 2. The number of imide groups is 1. The number of amides is 2. The third kappa shape index (κ3) is 3.15. The van der Waals surface area contributed by atoms with Crippen molar-refractivity contribution in [1.29, 1.82) is 0 Å². The maximum Gasteiger partial charge on any atom is 1.00 e. The second-order valence-electron chi connectivity index (χ2n) is 4.79. The van der Waals surface area contributed by atoms with E-state index in [2.05, 4.69) is 0 Å². The molecule has 2 atom stereocenters. The Bertz CT molecular complexity index is 326. The minimum Gasteiger partial charge on any atom is -0.448 e. The van der Waals surface area contributed by atoms with Crippen molar-refractivity contribution in [2.45, 2.75) is 19.8 Å². The zero-order valence-corrected chi connectivity index (χ0v) is 13.0. The fourth-order valence-corrected chi connectivity index (χ4v) is 2.73. The summed E-state index contributed by atoms with van der Waals surface area (Å²) < 4.78 is 36.7. The third-order valence-corrected chi connectivity index (χ3v) is 3.35. The molecule has 17 heavy (non-hydrogen) atoms. The van der Waals surface area contributed by atoms with Crippen molar-refractivity contribution >= 4 is 18.8 Å². The zero-order chi connectivity index (χ0) is 12.1. The molecular formula is C9H12BF3KNO2. The number of nitrogens with zero attached hydrogens (tertiary/aromatic N) is 1. The summed E-state index contributed by atoms with van der Waals surface area (Å²) in [4.78, 5) is 23.7. The van der Waals surface area contributed by atoms with E-state index >= 15 is 0 Å². The Morgan fingerprint density at radius 3 is 1.94 bits per heavy atom. The van der Waals surface area contributed by atoms with Gasteiger partial charge in [-0.1, -0.05) is 6.92 Å². The molecule has 0 spiro atoms. The standard InChI is InChI=1S/C9H12BF3NO2.K/c1-5-2-6-7(3-5)9(16)14(8(6)15)4-10(11,12)13;/h5-7H,2-4H2,1H3;/q-1;+1. The van der Waals surface area contributed by atoms with Gasteiger partial charge >= 0.3 is 58.4 Å². The number of hydrogen-bond acceptors (Lipinski definition) is 2. The monoisotopic (exact) mass is 273 g/mol. The summed E-state index contributed by atoms with van der Waals surface area (Å²) in [5, 5.41) is 0. The summed E-state index contributed by atoms with van der Waals surface area (Å²) >= 11 is 0. The summed E-state index contributed by atoms with van der Waals surface area (Å²) in [5.41, 5.74) is 0. The number of carbonyl (C=O) groups excluding carboxylic acids is 2. The minimum absolute atomic E-state index is 0. The van der Waals surface area contributed by atoms with Crippen molar-refractivity contribution in [3.05, 3.63) is 0 Å². The van der Waals surface area contributed by atoms with E-state index in [0.29, 0.717) is 17.7 Å². The Labute approximate surface area is 140 Å². The summed E-state index contributed by atoms with van der Waals surface area (Å²) in [5.74, 6) is -2.00. The van der Waals surface area contributed by atoms with Crippen LogP contribution < -0.4 is 51.4 Å². The SMILES string of the molecule is CC1CC2C(=O)N(C[B-](F)(F)F)C(=O)C2C1.[K+]. The van der Waals surface area contributed by atoms with E-state index in [0.717, 1.165) is 0 Å². The number of rotatable bonds is 2. The fraction of sp³-hybridized carbons (Fsp3) is 0.778. The Morgan fingerprint density at radius 1 is 1.18 bits per heavy atom. The van der Waals surface area contributed by atoms with Gasteiger partial charge in [0.25, 0.3) is 0 Å². The summed E-state index contributed by atoms with van der Waals surface area (Å²) in [6.07, 6.45) is -0.299. The first-order valence-corrected chi connectivity index (χ1v) is 5.36. The first-order chi connectivity index (χ1) is 7.29. The molecule has 0 aromatic rings. The van der Waals surface area contributed by atoms with E-state index in [9.17, 15) is 22.5 Å². The molecule has 2 unspecified atom stereocenters. The average molecular weight is 273 g/mol. The first-order valence-electron chi connectivity index (χ1n) is 5.36. The second kappa shape index (κ2) is 5.32. The molecule has 0 radical (unpaired) electrons. The van der Waals surface area contributed by atoms with Crippen LogP contribution in [0.15, 0.2) is 0 Å². The normalized spacial score (nSPS) is 32.7. The van der Waals surface area contributed by atoms with Crippen molar-refractivity contribution < 1.29 is 73.9 Å². The minimum atomic E-state index is -5.13. The number of likely N-dealkylation sites (tertiary alicyclic amines) is 1. The van der Waals surface area contributed by atoms with Gasteiger partial charge in [0.1, 0.15) is 0 Å². The molecule has 0 bridgehead atoms. The van der Waals surface area contributed by atoms with Gasteiger partial charge in [0.15, 0.2) is 0 Å². The molecule has 0 N–H and O–H groups in total. The van der Waals surface area contributed by atoms with Crippen LogP contribution in [0, 0.1) is 17.8 Å². The molecular weight excluding hydrogens is 261 g/mol. The zero-order valence-electron chi connectivity index (χ0n) is 9.83. The average Bonchev–Trinajstić information content (AvgIpc) is 2.60. The molecule has 2 fully saturated rings. The Hall–Kier alpha value is 0.631. The molecule has 1 saturated heterocycles. The van der Waals surface area contributed by atoms with Crippen LogP contribution in [0.2, 0.25) is 0 Å². The summed E-state index contributed by atoms with van der Waals surface area (Å²) in [7, 11) is 0. The largest absolute Gasteiger partial charge is 1.00 e. The second-order valence-corrected chi connectivity index (χ2v) is 4.79. The van der Waals surface area contributed by atoms with E-state index in [1.165, 1.54) is 0 Å². The Kier molecular flexibility index (Phi) is 4.91. The van der Waals surface area contributed by atoms with E-state index in [1.54, 1.807) is 0 Å². The van der Waals surface area contributed by atoms with Crippen molar-refractivity contribution in [3.8, 4) is 0 Å². The van der Waals surface area contributed by atoms with Gasteiger partial charge in [-0.15, -0.1) is 0 Å². The quantitative estimate of drug-likeness (QED) is 0.449. The van der Waals surface area contributed by atoms with E-state index < -0.39 is 37.1 Å². The molecule has 2 rings (SSSR count). The predicted molar refractivity (Wildman–Crippen MR) is 51.2 cm³/mol. The molecule has 1 heterocycles. The van der Waals surface area contributed by atoms with Crippen molar-refractivity contribution in [2.24, 2.45) is 17.8 Å². The smallest absolute Gasteiger partial charge is 0.448 e. The molecule has 0 aromatic heterocycles. The number of halogens is 3. The van der Waals surface area contributed by atoms with Crippen LogP contribution in [0.25, 0.3) is 0 Å². The van der Waals surface area contributed by atoms with Crippen molar-refractivity contribution in [3.63, 3.8) is 0 Å². The van der Waals surface area contributed by atoms with Crippen LogP contribution in [0.4, 0.5) is 12.9 Å². The summed E-state index contributed by atoms with van der Waals surface area (Å²) in [6, 6.07) is 0. The molecule has 2 amide bonds. The molecule has 90 valence electrons. The van der Waals surface area contributed by atoms with Crippen LogP contribution in [0.3, 0.4) is 0 Å². The molecule has 1 aliphatic carbocycles. The molecule has 8 heteroatoms. The van der Waals surface area contributed by atoms with Crippen molar-refractivity contribution in [1.82, 2.24) is 4.90 Å².